The van der Waals surface area contributed by atoms with Gasteiger partial charge in [-0.3, -0.25) is 9.22 Å². The van der Waals surface area contributed by atoms with Crippen molar-refractivity contribution in [1.29, 1.82) is 0 Å². The molecule has 0 unspecified atom stereocenters. The Morgan fingerprint density at radius 2 is 1.92 bits per heavy atom. The van der Waals surface area contributed by atoms with E-state index in [1.807, 2.05) is 0 Å². The van der Waals surface area contributed by atoms with Gasteiger partial charge in [-0.05, 0) is 12.8 Å². The fourth-order valence-electron chi connectivity index (χ4n) is 0.713. The molecule has 0 radical (unpaired) electrons. The summed E-state index contributed by atoms with van der Waals surface area (Å²) in [5, 5.41) is 0. The van der Waals surface area contributed by atoms with Gasteiger partial charge in [-0.15, -0.1) is 0 Å². The van der Waals surface area contributed by atoms with Crippen LogP contribution in [0.15, 0.2) is 0 Å². The summed E-state index contributed by atoms with van der Waals surface area (Å²) in [5.41, 5.74) is 0. The van der Waals surface area contributed by atoms with E-state index in [0.717, 1.165) is 0 Å². The Balaban J connectivity index is 3.27. The summed E-state index contributed by atoms with van der Waals surface area (Å²) < 4.78 is 8.59. The third-order valence-corrected chi connectivity index (χ3v) is 1.40. The van der Waals surface area contributed by atoms with Crippen molar-refractivity contribution >= 4 is 18.7 Å². The Morgan fingerprint density at radius 1 is 1.33 bits per heavy atom. The predicted octanol–water partition coefficient (Wildman–Crippen LogP) is 0.611. The lowest BCUT2D eigenvalue weighted by molar-refractivity contribution is -0.369. The van der Waals surface area contributed by atoms with Crippen LogP contribution in [-0.2, 0) is 18.8 Å². The topological polar surface area (TPSA) is 54.7 Å². The van der Waals surface area contributed by atoms with E-state index in [9.17, 15) is 9.59 Å². The second-order valence-corrected chi connectivity index (χ2v) is 2.30. The van der Waals surface area contributed by atoms with E-state index in [0.29, 0.717) is 25.7 Å². The normalized spacial score (nSPS) is 9.08. The molecule has 0 aromatic heterocycles. The molecule has 0 bridgehead atoms. The molecule has 0 spiro atoms. The highest BCUT2D eigenvalue weighted by Gasteiger charge is 2.10. The van der Waals surface area contributed by atoms with E-state index in [4.69, 9.17) is 0 Å². The lowest BCUT2D eigenvalue weighted by atomic mass is 10.2. The molecule has 68 valence electrons. The highest BCUT2D eigenvalue weighted by molar-refractivity contribution is 5.69. The van der Waals surface area contributed by atoms with Gasteiger partial charge < -0.3 is 4.74 Å². The Kier molecular flexibility index (Phi) is 5.87. The smallest absolute Gasteiger partial charge is 0.469 e. The fourth-order valence-corrected chi connectivity index (χ4v) is 0.713. The summed E-state index contributed by atoms with van der Waals surface area (Å²) in [6.45, 7) is 2.97. The molecule has 0 fully saturated rings. The molecule has 0 aromatic carbocycles. The molecule has 0 saturated heterocycles. The molecule has 0 saturated carbocycles. The van der Waals surface area contributed by atoms with Crippen LogP contribution in [0.4, 0.5) is 0 Å². The lowest BCUT2D eigenvalue weighted by Crippen LogP contribution is -2.01. The van der Waals surface area contributed by atoms with Crippen LogP contribution in [-0.4, -0.2) is 25.8 Å². The van der Waals surface area contributed by atoms with E-state index >= 15 is 0 Å². The molecule has 0 rings (SSSR count). The molecule has 4 heteroatoms. The van der Waals surface area contributed by atoms with E-state index in [2.05, 4.69) is 16.0 Å². The predicted molar refractivity (Wildman–Crippen MR) is 42.6 cm³/mol. The van der Waals surface area contributed by atoms with E-state index in [1.54, 1.807) is 0 Å². The zero-order valence-corrected chi connectivity index (χ0v) is 7.17. The highest BCUT2D eigenvalue weighted by Crippen LogP contribution is 2.00. The Hall–Kier alpha value is -1.19. The Labute approximate surface area is 71.2 Å². The van der Waals surface area contributed by atoms with Gasteiger partial charge >= 0.3 is 11.9 Å². The molecule has 0 atom stereocenters. The van der Waals surface area contributed by atoms with Crippen molar-refractivity contribution in [1.82, 2.24) is 0 Å². The minimum Gasteiger partial charge on any atom is -0.469 e. The van der Waals surface area contributed by atoms with Gasteiger partial charge in [0.15, 0.2) is 6.79 Å². The van der Waals surface area contributed by atoms with Crippen molar-refractivity contribution in [3.8, 4) is 0 Å². The zero-order chi connectivity index (χ0) is 9.40. The SMILES string of the molecule is C=[O+]C(=O)CCCCC(=O)OC. The molecule has 0 heterocycles. The first kappa shape index (κ1) is 10.8. The van der Waals surface area contributed by atoms with Crippen molar-refractivity contribution in [2.75, 3.05) is 7.11 Å². The molecule has 12 heavy (non-hydrogen) atoms. The van der Waals surface area contributed by atoms with E-state index < -0.39 is 0 Å². The third-order valence-electron chi connectivity index (χ3n) is 1.40. The quantitative estimate of drug-likeness (QED) is 0.347. The van der Waals surface area contributed by atoms with Gasteiger partial charge in [0.2, 0.25) is 0 Å². The number of esters is 1. The first-order valence-corrected chi connectivity index (χ1v) is 3.72. The summed E-state index contributed by atoms with van der Waals surface area (Å²) in [7, 11) is 1.34. The minimum atomic E-state index is -0.347. The van der Waals surface area contributed by atoms with Crippen LogP contribution in [0.3, 0.4) is 0 Å². The molecule has 0 aromatic rings. The van der Waals surface area contributed by atoms with Crippen LogP contribution >= 0.6 is 0 Å². The Bertz CT molecular complexity index is 174. The minimum absolute atomic E-state index is 0.252. The van der Waals surface area contributed by atoms with E-state index in [-0.39, 0.29) is 11.9 Å². The van der Waals surface area contributed by atoms with Gasteiger partial charge in [-0.25, -0.2) is 0 Å². The standard InChI is InChI=1S/C8H13O4/c1-11-7(9)5-3-4-6-8(10)12-2/h1,3-6H2,2H3/q+1. The van der Waals surface area contributed by atoms with Gasteiger partial charge in [0.25, 0.3) is 0 Å². The molecule has 0 aliphatic carbocycles. The average Bonchev–Trinajstić information content (AvgIpc) is 2.11. The number of carbonyl (C=O) groups is 2. The van der Waals surface area contributed by atoms with Crippen LogP contribution in [0.2, 0.25) is 0 Å². The highest BCUT2D eigenvalue weighted by atomic mass is 16.5. The average molecular weight is 173 g/mol. The molecule has 0 N–H and O–H groups in total. The third kappa shape index (κ3) is 5.58. The second kappa shape index (κ2) is 6.52. The molecule has 0 aliphatic rings. The Morgan fingerprint density at radius 3 is 2.42 bits per heavy atom. The number of methoxy groups -OCH3 is 1. The zero-order valence-electron chi connectivity index (χ0n) is 7.17. The molecule has 4 nitrogen and oxygen atoms in total. The molecule has 0 aliphatic heterocycles. The van der Waals surface area contributed by atoms with Crippen LogP contribution in [0.1, 0.15) is 25.7 Å². The monoisotopic (exact) mass is 173 g/mol. The number of hydrogen-bond donors (Lipinski definition) is 0. The van der Waals surface area contributed by atoms with Gasteiger partial charge in [0.1, 0.15) is 6.42 Å². The van der Waals surface area contributed by atoms with Gasteiger partial charge in [0.05, 0.1) is 7.11 Å². The first-order chi connectivity index (χ1) is 5.70. The molecule has 0 amide bonds. The second-order valence-electron chi connectivity index (χ2n) is 2.30. The van der Waals surface area contributed by atoms with Crippen molar-refractivity contribution < 1.29 is 18.8 Å². The van der Waals surface area contributed by atoms with Crippen molar-refractivity contribution in [2.45, 2.75) is 25.7 Å². The summed E-state index contributed by atoms with van der Waals surface area (Å²) in [6, 6.07) is 0. The van der Waals surface area contributed by atoms with Gasteiger partial charge in [0, 0.05) is 11.2 Å². The summed E-state index contributed by atoms with van der Waals surface area (Å²) in [4.78, 5) is 21.1. The van der Waals surface area contributed by atoms with Gasteiger partial charge in [-0.1, -0.05) is 0 Å². The molecular formula is C8H13O4+. The van der Waals surface area contributed by atoms with E-state index in [1.165, 1.54) is 7.11 Å². The van der Waals surface area contributed by atoms with Crippen LogP contribution < -0.4 is 0 Å². The first-order valence-electron chi connectivity index (χ1n) is 3.72. The fraction of sp³-hybridized carbons (Fsp3) is 0.625. The summed E-state index contributed by atoms with van der Waals surface area (Å²) >= 11 is 0. The lowest BCUT2D eigenvalue weighted by Gasteiger charge is -1.95. The van der Waals surface area contributed by atoms with Crippen LogP contribution in [0.25, 0.3) is 0 Å². The summed E-state index contributed by atoms with van der Waals surface area (Å²) in [6.07, 6.45) is 1.92. The maximum atomic E-state index is 10.6. The summed E-state index contributed by atoms with van der Waals surface area (Å²) in [5.74, 6) is -0.599. The largest absolute Gasteiger partial charge is 0.579 e. The van der Waals surface area contributed by atoms with Crippen LogP contribution in [0, 0.1) is 0 Å². The molecular weight excluding hydrogens is 160 g/mol. The number of ether oxygens (including phenoxy) is 1. The van der Waals surface area contributed by atoms with Gasteiger partial charge in [-0.2, -0.15) is 0 Å². The van der Waals surface area contributed by atoms with Crippen molar-refractivity contribution in [3.63, 3.8) is 0 Å². The van der Waals surface area contributed by atoms with Crippen molar-refractivity contribution in [2.24, 2.45) is 0 Å². The maximum absolute atomic E-state index is 10.6. The number of hydrogen-bond acceptors (Lipinski definition) is 3. The number of carbonyl (C=O) groups excluding carboxylic acids is 3. The van der Waals surface area contributed by atoms with Crippen LogP contribution in [0.5, 0.6) is 0 Å². The maximum Gasteiger partial charge on any atom is 0.579 e. The van der Waals surface area contributed by atoms with Crippen molar-refractivity contribution in [3.05, 3.63) is 0 Å². The number of unbranched alkanes of at least 4 members (excludes halogenated alkanes) is 1. The number of rotatable bonds is 5.